The normalized spacial score (nSPS) is 24.3. The Morgan fingerprint density at radius 2 is 2.29 bits per heavy atom. The minimum atomic E-state index is -0.0452. The minimum absolute atomic E-state index is 0. The number of nitrogens with zero attached hydrogens (tertiary/aromatic N) is 1. The maximum atomic E-state index is 5.58. The first-order valence-corrected chi connectivity index (χ1v) is 4.48. The van der Waals surface area contributed by atoms with Crippen molar-refractivity contribution in [2.24, 2.45) is 0 Å². The Balaban J connectivity index is 0.000000980. The summed E-state index contributed by atoms with van der Waals surface area (Å²) in [4.78, 5) is 4.24. The molecule has 1 aliphatic rings. The van der Waals surface area contributed by atoms with Crippen LogP contribution in [-0.4, -0.2) is 17.1 Å². The molecule has 1 aromatic heterocycles. The van der Waals surface area contributed by atoms with Crippen molar-refractivity contribution in [2.45, 2.75) is 25.6 Å². The van der Waals surface area contributed by atoms with Gasteiger partial charge >= 0.3 is 0 Å². The van der Waals surface area contributed by atoms with Gasteiger partial charge in [-0.05, 0) is 26.0 Å². The molecule has 0 radical (unpaired) electrons. The van der Waals surface area contributed by atoms with E-state index >= 15 is 0 Å². The van der Waals surface area contributed by atoms with Crippen LogP contribution in [0.3, 0.4) is 0 Å². The van der Waals surface area contributed by atoms with Crippen molar-refractivity contribution >= 4 is 12.4 Å². The molecule has 2 rings (SSSR count). The average Bonchev–Trinajstić information content (AvgIpc) is 2.48. The fraction of sp³-hybridized carbons (Fsp3) is 0.500. The summed E-state index contributed by atoms with van der Waals surface area (Å²) in [6.45, 7) is 4.97. The highest BCUT2D eigenvalue weighted by molar-refractivity contribution is 5.85. The molecule has 14 heavy (non-hydrogen) atoms. The van der Waals surface area contributed by atoms with Crippen molar-refractivity contribution in [3.05, 3.63) is 30.1 Å². The number of halogens is 1. The molecule has 1 N–H and O–H groups in total. The second-order valence-corrected chi connectivity index (χ2v) is 3.97. The highest BCUT2D eigenvalue weighted by Gasteiger charge is 2.32. The molecule has 0 aromatic carbocycles. The lowest BCUT2D eigenvalue weighted by Crippen LogP contribution is -2.36. The van der Waals surface area contributed by atoms with Crippen LogP contribution in [0.25, 0.3) is 0 Å². The largest absolute Gasteiger partial charge is 0.356 e. The van der Waals surface area contributed by atoms with Crippen molar-refractivity contribution in [3.8, 4) is 0 Å². The molecule has 1 atom stereocenters. The van der Waals surface area contributed by atoms with Crippen molar-refractivity contribution in [1.29, 1.82) is 0 Å². The predicted molar refractivity (Wildman–Crippen MR) is 57.4 cm³/mol. The molecule has 1 aliphatic heterocycles. The van der Waals surface area contributed by atoms with Crippen LogP contribution >= 0.6 is 12.4 Å². The fourth-order valence-corrected chi connectivity index (χ4v) is 1.42. The zero-order chi connectivity index (χ0) is 9.31. The molecule has 78 valence electrons. The minimum Gasteiger partial charge on any atom is -0.356 e. The number of nitrogens with one attached hydrogen (secondary N) is 1. The zero-order valence-corrected chi connectivity index (χ0v) is 9.17. The van der Waals surface area contributed by atoms with Crippen LogP contribution in [0.2, 0.25) is 0 Å². The molecule has 0 spiro atoms. The lowest BCUT2D eigenvalue weighted by molar-refractivity contribution is 0.0957. The van der Waals surface area contributed by atoms with E-state index in [1.807, 2.05) is 18.2 Å². The van der Waals surface area contributed by atoms with E-state index in [4.69, 9.17) is 4.74 Å². The first-order chi connectivity index (χ1) is 6.17. The molecule has 1 aromatic rings. The molecule has 1 unspecified atom stereocenters. The van der Waals surface area contributed by atoms with Crippen molar-refractivity contribution in [3.63, 3.8) is 0 Å². The summed E-state index contributed by atoms with van der Waals surface area (Å²) in [5.74, 6) is 0. The molecule has 0 saturated carbocycles. The first kappa shape index (κ1) is 11.4. The molecule has 0 bridgehead atoms. The van der Waals surface area contributed by atoms with E-state index in [0.29, 0.717) is 0 Å². The van der Waals surface area contributed by atoms with Crippen LogP contribution in [0.15, 0.2) is 24.4 Å². The van der Waals surface area contributed by atoms with Crippen molar-refractivity contribution in [2.75, 3.05) is 6.61 Å². The van der Waals surface area contributed by atoms with Crippen LogP contribution in [0.1, 0.15) is 25.8 Å². The number of rotatable bonds is 1. The van der Waals surface area contributed by atoms with Crippen LogP contribution in [-0.2, 0) is 4.74 Å². The monoisotopic (exact) mass is 214 g/mol. The van der Waals surface area contributed by atoms with Gasteiger partial charge in [0.2, 0.25) is 0 Å². The molecule has 1 saturated heterocycles. The number of aromatic nitrogens is 1. The summed E-state index contributed by atoms with van der Waals surface area (Å²) in [5.41, 5.74) is 1.01. The van der Waals surface area contributed by atoms with E-state index in [0.717, 1.165) is 12.3 Å². The molecule has 4 heteroatoms. The van der Waals surface area contributed by atoms with E-state index in [1.54, 1.807) is 6.20 Å². The van der Waals surface area contributed by atoms with Crippen LogP contribution in [0.5, 0.6) is 0 Å². The smallest absolute Gasteiger partial charge is 0.151 e. The van der Waals surface area contributed by atoms with E-state index in [1.165, 1.54) is 0 Å². The number of hydrogen-bond acceptors (Lipinski definition) is 3. The summed E-state index contributed by atoms with van der Waals surface area (Å²) < 4.78 is 5.58. The molecule has 0 aliphatic carbocycles. The van der Waals surface area contributed by atoms with Gasteiger partial charge in [-0.3, -0.25) is 10.3 Å². The quantitative estimate of drug-likeness (QED) is 0.776. The fourth-order valence-electron chi connectivity index (χ4n) is 1.42. The SMILES string of the molecule is CC1(C)COC(c2ccccn2)N1.Cl. The Morgan fingerprint density at radius 3 is 2.79 bits per heavy atom. The molecule has 1 fully saturated rings. The van der Waals surface area contributed by atoms with E-state index in [-0.39, 0.29) is 24.2 Å². The predicted octanol–water partition coefficient (Wildman–Crippen LogP) is 1.90. The number of ether oxygens (including phenoxy) is 1. The maximum absolute atomic E-state index is 5.58. The summed E-state index contributed by atoms with van der Waals surface area (Å²) in [6, 6.07) is 5.85. The summed E-state index contributed by atoms with van der Waals surface area (Å²) in [5, 5.41) is 3.36. The van der Waals surface area contributed by atoms with Gasteiger partial charge in [0.25, 0.3) is 0 Å². The Kier molecular flexibility index (Phi) is 3.48. The van der Waals surface area contributed by atoms with E-state index in [9.17, 15) is 0 Å². The van der Waals surface area contributed by atoms with Crippen LogP contribution in [0.4, 0.5) is 0 Å². The van der Waals surface area contributed by atoms with Gasteiger partial charge in [-0.15, -0.1) is 12.4 Å². The zero-order valence-electron chi connectivity index (χ0n) is 8.36. The first-order valence-electron chi connectivity index (χ1n) is 4.48. The van der Waals surface area contributed by atoms with E-state index in [2.05, 4.69) is 24.1 Å². The van der Waals surface area contributed by atoms with Gasteiger partial charge in [-0.25, -0.2) is 0 Å². The Bertz CT molecular complexity index is 289. The molecule has 0 amide bonds. The lowest BCUT2D eigenvalue weighted by Gasteiger charge is -2.16. The second kappa shape index (κ2) is 4.26. The van der Waals surface area contributed by atoms with Gasteiger partial charge in [-0.2, -0.15) is 0 Å². The average molecular weight is 215 g/mol. The van der Waals surface area contributed by atoms with Crippen molar-refractivity contribution in [1.82, 2.24) is 10.3 Å². The van der Waals surface area contributed by atoms with Crippen molar-refractivity contribution < 1.29 is 4.74 Å². The number of hydrogen-bond donors (Lipinski definition) is 1. The van der Waals surface area contributed by atoms with Gasteiger partial charge in [0.15, 0.2) is 6.23 Å². The topological polar surface area (TPSA) is 34.1 Å². The molecule has 3 nitrogen and oxygen atoms in total. The number of pyridine rings is 1. The third-order valence-corrected chi connectivity index (χ3v) is 2.09. The van der Waals surface area contributed by atoms with E-state index < -0.39 is 0 Å². The van der Waals surface area contributed by atoms with Crippen LogP contribution < -0.4 is 5.32 Å². The highest BCUT2D eigenvalue weighted by Crippen LogP contribution is 2.23. The second-order valence-electron chi connectivity index (χ2n) is 3.97. The van der Waals surface area contributed by atoms with Gasteiger partial charge in [0, 0.05) is 11.7 Å². The molecular formula is C10H15ClN2O. The molecule has 2 heterocycles. The summed E-state index contributed by atoms with van der Waals surface area (Å²) >= 11 is 0. The van der Waals surface area contributed by atoms with Gasteiger partial charge < -0.3 is 4.74 Å². The third kappa shape index (κ3) is 2.44. The third-order valence-electron chi connectivity index (χ3n) is 2.09. The van der Waals surface area contributed by atoms with Crippen LogP contribution in [0, 0.1) is 0 Å². The van der Waals surface area contributed by atoms with Gasteiger partial charge in [0.1, 0.15) is 0 Å². The maximum Gasteiger partial charge on any atom is 0.151 e. The Morgan fingerprint density at radius 1 is 1.50 bits per heavy atom. The molecular weight excluding hydrogens is 200 g/mol. The lowest BCUT2D eigenvalue weighted by atomic mass is 10.1. The summed E-state index contributed by atoms with van der Waals surface area (Å²) in [6.07, 6.45) is 1.74. The Hall–Kier alpha value is -0.640. The summed E-state index contributed by atoms with van der Waals surface area (Å²) in [7, 11) is 0. The standard InChI is InChI=1S/C10H14N2O.ClH/c1-10(2)7-13-9(12-10)8-5-3-4-6-11-8;/h3-6,9,12H,7H2,1-2H3;1H. The Labute approximate surface area is 90.3 Å². The highest BCUT2D eigenvalue weighted by atomic mass is 35.5. The van der Waals surface area contributed by atoms with Gasteiger partial charge in [-0.1, -0.05) is 6.07 Å². The van der Waals surface area contributed by atoms with Gasteiger partial charge in [0.05, 0.1) is 12.3 Å².